The number of hydrogen-bond donors (Lipinski definition) is 0. The van der Waals surface area contributed by atoms with Gasteiger partial charge in [0, 0.05) is 16.1 Å². The molecule has 3 aliphatic heterocycles. The highest BCUT2D eigenvalue weighted by atomic mass is 79.9. The average molecular weight is 479 g/mol. The number of anilines is 1. The molecule has 2 fully saturated rings. The summed E-state index contributed by atoms with van der Waals surface area (Å²) in [5.74, 6) is -1.85. The summed E-state index contributed by atoms with van der Waals surface area (Å²) in [5.41, 5.74) is 1.92. The Labute approximate surface area is 189 Å². The van der Waals surface area contributed by atoms with E-state index >= 15 is 0 Å². The van der Waals surface area contributed by atoms with Gasteiger partial charge in [-0.15, -0.1) is 0 Å². The minimum atomic E-state index is -0.705. The van der Waals surface area contributed by atoms with E-state index in [0.717, 1.165) is 15.6 Å². The van der Waals surface area contributed by atoms with Gasteiger partial charge in [-0.25, -0.2) is 4.90 Å². The van der Waals surface area contributed by atoms with E-state index in [1.54, 1.807) is 12.1 Å². The predicted octanol–water partition coefficient (Wildman–Crippen LogP) is 4.58. The topological polar surface area (TPSA) is 57.7 Å². The van der Waals surface area contributed by atoms with Gasteiger partial charge in [0.1, 0.15) is 6.04 Å². The standard InChI is InChI=1S/C25H23BrN2O3/c1-25(2,3)22(29)21-19-18(20-17-7-5-4-6-14(17)12-13-27(20)21)23(30)28(24(19)31)16-10-8-15(26)9-11-16/h4-13,18-21H,1-3H3/t18-,19+,20+,21-/m0/s1. The van der Waals surface area contributed by atoms with Gasteiger partial charge in [0.15, 0.2) is 5.78 Å². The van der Waals surface area contributed by atoms with Crippen LogP contribution >= 0.6 is 15.9 Å². The Kier molecular flexibility index (Phi) is 4.49. The molecule has 5 nitrogen and oxygen atoms in total. The van der Waals surface area contributed by atoms with Crippen LogP contribution in [0.15, 0.2) is 59.2 Å². The molecule has 0 radical (unpaired) electrons. The van der Waals surface area contributed by atoms with Crippen LogP contribution in [0.3, 0.4) is 0 Å². The number of imide groups is 1. The fourth-order valence-corrected chi connectivity index (χ4v) is 5.41. The normalized spacial score (nSPS) is 26.7. The van der Waals surface area contributed by atoms with Gasteiger partial charge in [-0.2, -0.15) is 0 Å². The molecule has 0 aliphatic carbocycles. The number of hydrogen-bond acceptors (Lipinski definition) is 4. The molecule has 0 unspecified atom stereocenters. The molecule has 0 spiro atoms. The SMILES string of the molecule is CC(C)(C)C(=O)[C@@H]1[C@@H]2C(=O)N(c3ccc(Br)cc3)C(=O)[C@@H]2[C@H]2c3ccccc3C=CN12. The van der Waals surface area contributed by atoms with Crippen molar-refractivity contribution in [2.75, 3.05) is 4.90 Å². The summed E-state index contributed by atoms with van der Waals surface area (Å²) in [5, 5.41) is 0. The molecule has 4 atom stereocenters. The second-order valence-electron chi connectivity index (χ2n) is 9.44. The van der Waals surface area contributed by atoms with Crippen molar-refractivity contribution in [1.82, 2.24) is 4.90 Å². The van der Waals surface area contributed by atoms with E-state index in [-0.39, 0.29) is 23.6 Å². The number of rotatable bonds is 2. The summed E-state index contributed by atoms with van der Waals surface area (Å²) >= 11 is 3.40. The number of carbonyl (C=O) groups excluding carboxylic acids is 3. The van der Waals surface area contributed by atoms with Crippen molar-refractivity contribution in [1.29, 1.82) is 0 Å². The van der Waals surface area contributed by atoms with Gasteiger partial charge < -0.3 is 4.90 Å². The van der Waals surface area contributed by atoms with E-state index in [2.05, 4.69) is 15.9 Å². The second kappa shape index (κ2) is 6.89. The Hall–Kier alpha value is -2.73. The number of amides is 2. The van der Waals surface area contributed by atoms with Crippen LogP contribution in [0.1, 0.15) is 37.9 Å². The molecule has 158 valence electrons. The first-order valence-electron chi connectivity index (χ1n) is 10.4. The van der Waals surface area contributed by atoms with Crippen molar-refractivity contribution in [3.05, 3.63) is 70.3 Å². The number of halogens is 1. The first-order chi connectivity index (χ1) is 14.7. The molecule has 31 heavy (non-hydrogen) atoms. The Morgan fingerprint density at radius 2 is 1.58 bits per heavy atom. The predicted molar refractivity (Wildman–Crippen MR) is 122 cm³/mol. The third-order valence-electron chi connectivity index (χ3n) is 6.55. The van der Waals surface area contributed by atoms with Crippen LogP contribution in [0, 0.1) is 17.3 Å². The van der Waals surface area contributed by atoms with Crippen LogP contribution in [-0.4, -0.2) is 28.5 Å². The maximum absolute atomic E-state index is 13.7. The molecule has 2 amide bonds. The number of ketones is 1. The molecule has 3 aliphatic rings. The maximum atomic E-state index is 13.7. The van der Waals surface area contributed by atoms with Gasteiger partial charge in [0.2, 0.25) is 11.8 Å². The van der Waals surface area contributed by atoms with E-state index in [1.165, 1.54) is 4.90 Å². The fourth-order valence-electron chi connectivity index (χ4n) is 5.15. The zero-order chi connectivity index (χ0) is 22.1. The quantitative estimate of drug-likeness (QED) is 0.592. The number of fused-ring (bicyclic) bond motifs is 5. The molecule has 0 saturated carbocycles. The minimum Gasteiger partial charge on any atom is -0.359 e. The summed E-state index contributed by atoms with van der Waals surface area (Å²) in [6.07, 6.45) is 3.86. The maximum Gasteiger partial charge on any atom is 0.240 e. The van der Waals surface area contributed by atoms with E-state index in [1.807, 2.05) is 74.3 Å². The molecule has 6 heteroatoms. The van der Waals surface area contributed by atoms with Crippen LogP contribution < -0.4 is 4.90 Å². The number of Topliss-reactive ketones (excluding diaryl/α,β-unsaturated/α-hetero) is 1. The summed E-state index contributed by atoms with van der Waals surface area (Å²) in [7, 11) is 0. The average Bonchev–Trinajstić information content (AvgIpc) is 3.20. The highest BCUT2D eigenvalue weighted by Gasteiger charge is 2.65. The molecule has 2 aromatic carbocycles. The van der Waals surface area contributed by atoms with Crippen molar-refractivity contribution >= 4 is 45.3 Å². The Morgan fingerprint density at radius 3 is 2.26 bits per heavy atom. The monoisotopic (exact) mass is 478 g/mol. The summed E-state index contributed by atoms with van der Waals surface area (Å²) in [6, 6.07) is 14.0. The van der Waals surface area contributed by atoms with Crippen molar-refractivity contribution in [2.24, 2.45) is 17.3 Å². The lowest BCUT2D eigenvalue weighted by Crippen LogP contribution is -2.47. The van der Waals surface area contributed by atoms with E-state index in [4.69, 9.17) is 0 Å². The van der Waals surface area contributed by atoms with Gasteiger partial charge in [-0.1, -0.05) is 61.0 Å². The summed E-state index contributed by atoms with van der Waals surface area (Å²) < 4.78 is 0.869. The number of nitrogens with zero attached hydrogens (tertiary/aromatic N) is 2. The zero-order valence-electron chi connectivity index (χ0n) is 17.6. The summed E-state index contributed by atoms with van der Waals surface area (Å²) in [4.78, 5) is 44.2. The lowest BCUT2D eigenvalue weighted by atomic mass is 9.79. The fraction of sp³-hybridized carbons (Fsp3) is 0.320. The van der Waals surface area contributed by atoms with Gasteiger partial charge in [-0.3, -0.25) is 14.4 Å². The van der Waals surface area contributed by atoms with Crippen LogP contribution in [0.25, 0.3) is 6.08 Å². The van der Waals surface area contributed by atoms with Crippen molar-refractivity contribution < 1.29 is 14.4 Å². The smallest absolute Gasteiger partial charge is 0.240 e. The molecule has 2 aromatic rings. The molecular formula is C25H23BrN2O3. The van der Waals surface area contributed by atoms with Gasteiger partial charge in [0.05, 0.1) is 23.6 Å². The Morgan fingerprint density at radius 1 is 0.935 bits per heavy atom. The van der Waals surface area contributed by atoms with E-state index < -0.39 is 23.3 Å². The van der Waals surface area contributed by atoms with Crippen LogP contribution in [-0.2, 0) is 14.4 Å². The van der Waals surface area contributed by atoms with Gasteiger partial charge in [-0.05, 0) is 41.5 Å². The van der Waals surface area contributed by atoms with E-state index in [9.17, 15) is 14.4 Å². The molecule has 0 N–H and O–H groups in total. The number of benzene rings is 2. The third-order valence-corrected chi connectivity index (χ3v) is 7.08. The lowest BCUT2D eigenvalue weighted by molar-refractivity contribution is -0.135. The lowest BCUT2D eigenvalue weighted by Gasteiger charge is -2.37. The highest BCUT2D eigenvalue weighted by Crippen LogP contribution is 2.54. The second-order valence-corrected chi connectivity index (χ2v) is 10.4. The van der Waals surface area contributed by atoms with Crippen molar-refractivity contribution in [3.63, 3.8) is 0 Å². The Bertz CT molecular complexity index is 1130. The minimum absolute atomic E-state index is 0.0205. The molecule has 0 bridgehead atoms. The first-order valence-corrected chi connectivity index (χ1v) is 11.2. The third kappa shape index (κ3) is 2.92. The molecular weight excluding hydrogens is 456 g/mol. The highest BCUT2D eigenvalue weighted by molar-refractivity contribution is 9.10. The largest absolute Gasteiger partial charge is 0.359 e. The first kappa shape index (κ1) is 20.2. The van der Waals surface area contributed by atoms with Crippen LogP contribution in [0.4, 0.5) is 5.69 Å². The van der Waals surface area contributed by atoms with Gasteiger partial charge in [0.25, 0.3) is 0 Å². The zero-order valence-corrected chi connectivity index (χ0v) is 19.2. The summed E-state index contributed by atoms with van der Waals surface area (Å²) in [6.45, 7) is 5.60. The Balaban J connectivity index is 1.66. The van der Waals surface area contributed by atoms with Crippen LogP contribution in [0.5, 0.6) is 0 Å². The molecule has 0 aromatic heterocycles. The van der Waals surface area contributed by atoms with Gasteiger partial charge >= 0.3 is 0 Å². The van der Waals surface area contributed by atoms with Crippen molar-refractivity contribution in [2.45, 2.75) is 32.9 Å². The van der Waals surface area contributed by atoms with Crippen LogP contribution in [0.2, 0.25) is 0 Å². The molecule has 2 saturated heterocycles. The number of carbonyl (C=O) groups is 3. The molecule has 5 rings (SSSR count). The van der Waals surface area contributed by atoms with E-state index in [0.29, 0.717) is 5.69 Å². The molecule has 3 heterocycles. The van der Waals surface area contributed by atoms with Crippen molar-refractivity contribution in [3.8, 4) is 0 Å².